The maximum atomic E-state index is 9.68. The van der Waals surface area contributed by atoms with E-state index in [2.05, 4.69) is 11.8 Å². The van der Waals surface area contributed by atoms with Crippen LogP contribution in [0.1, 0.15) is 11.1 Å². The summed E-state index contributed by atoms with van der Waals surface area (Å²) in [5.74, 6) is 6.88. The Bertz CT molecular complexity index is 1450. The lowest BCUT2D eigenvalue weighted by Gasteiger charge is -2.16. The van der Waals surface area contributed by atoms with Crippen LogP contribution in [0.4, 0.5) is 11.4 Å². The van der Waals surface area contributed by atoms with Crippen molar-refractivity contribution >= 4 is 22.1 Å². The van der Waals surface area contributed by atoms with Gasteiger partial charge in [-0.2, -0.15) is 0 Å². The zero-order valence-corrected chi connectivity index (χ0v) is 16.8. The van der Waals surface area contributed by atoms with Crippen LogP contribution in [0.3, 0.4) is 0 Å². The van der Waals surface area contributed by atoms with Crippen molar-refractivity contribution in [3.63, 3.8) is 0 Å². The molecule has 0 aromatic heterocycles. The molecule has 4 aromatic carbocycles. The summed E-state index contributed by atoms with van der Waals surface area (Å²) >= 11 is 0. The molecule has 0 aliphatic carbocycles. The number of phenols is 2. The average Bonchev–Trinajstić information content (AvgIpc) is 2.79. The summed E-state index contributed by atoms with van der Waals surface area (Å²) in [6, 6.07) is 16.0. The van der Waals surface area contributed by atoms with Crippen LogP contribution in [0.15, 0.2) is 60.7 Å². The Morgan fingerprint density at radius 3 is 1.81 bits per heavy atom. The molecule has 0 aliphatic heterocycles. The fourth-order valence-corrected chi connectivity index (χ4v) is 3.24. The number of aromatic hydroxyl groups is 2. The van der Waals surface area contributed by atoms with E-state index in [4.69, 9.17) is 33.8 Å². The first-order valence-electron chi connectivity index (χ1n) is 9.46. The largest absolute Gasteiger partial charge is 0.506 e. The van der Waals surface area contributed by atoms with Crippen molar-refractivity contribution in [2.45, 2.75) is 0 Å². The summed E-state index contributed by atoms with van der Waals surface area (Å²) in [4.78, 5) is 0. The number of fused-ring (bicyclic) bond motifs is 1. The quantitative estimate of drug-likeness (QED) is 0.210. The third kappa shape index (κ3) is 3.77. The normalized spacial score (nSPS) is 10.3. The van der Waals surface area contributed by atoms with Crippen LogP contribution in [-0.4, -0.2) is 10.2 Å². The lowest BCUT2D eigenvalue weighted by molar-refractivity contribution is 0.467. The summed E-state index contributed by atoms with van der Waals surface area (Å²) in [7, 11) is 0. The number of benzene rings is 4. The number of anilines is 2. The van der Waals surface area contributed by atoms with Crippen LogP contribution in [0.25, 0.3) is 10.8 Å². The average molecular weight is 422 g/mol. The Balaban J connectivity index is 1.89. The summed E-state index contributed by atoms with van der Waals surface area (Å²) in [5.41, 5.74) is 13.0. The van der Waals surface area contributed by atoms with Gasteiger partial charge in [-0.3, -0.25) is 0 Å². The molecule has 4 aromatic rings. The number of hydrogen-bond donors (Lipinski definition) is 4. The van der Waals surface area contributed by atoms with Gasteiger partial charge in [0.15, 0.2) is 0 Å². The molecule has 0 bridgehead atoms. The van der Waals surface area contributed by atoms with Crippen LogP contribution in [0.5, 0.6) is 34.5 Å². The van der Waals surface area contributed by atoms with E-state index in [0.29, 0.717) is 44.9 Å². The second-order valence-corrected chi connectivity index (χ2v) is 6.94. The van der Waals surface area contributed by atoms with Crippen molar-refractivity contribution in [1.29, 1.82) is 0 Å². The molecule has 6 N–H and O–H groups in total. The van der Waals surface area contributed by atoms with E-state index in [1.165, 1.54) is 24.3 Å². The molecule has 32 heavy (non-hydrogen) atoms. The standard InChI is InChI=1S/C26H18N2O4/c1-3-15-11-19-24(31-17-6-8-22(29)20(27)13-17)10-5-16(4-2)26(19)25(12-15)32-18-7-9-23(30)21(28)14-18/h1-2,5-14,29-30H,27-28H2. The minimum Gasteiger partial charge on any atom is -0.506 e. The first-order chi connectivity index (χ1) is 15.4. The first kappa shape index (κ1) is 20.3. The molecule has 0 atom stereocenters. The molecule has 6 heteroatoms. The molecular weight excluding hydrogens is 404 g/mol. The highest BCUT2D eigenvalue weighted by Gasteiger charge is 2.15. The van der Waals surface area contributed by atoms with E-state index in [-0.39, 0.29) is 22.9 Å². The van der Waals surface area contributed by atoms with E-state index in [1.54, 1.807) is 36.4 Å². The number of hydrogen-bond acceptors (Lipinski definition) is 6. The third-order valence-corrected chi connectivity index (χ3v) is 4.81. The summed E-state index contributed by atoms with van der Waals surface area (Å²) in [6.07, 6.45) is 11.4. The number of ether oxygens (including phenoxy) is 2. The number of nitrogen functional groups attached to an aromatic ring is 2. The van der Waals surface area contributed by atoms with Gasteiger partial charge in [-0.1, -0.05) is 11.8 Å². The predicted molar refractivity (Wildman–Crippen MR) is 125 cm³/mol. The van der Waals surface area contributed by atoms with E-state index in [1.807, 2.05) is 0 Å². The van der Waals surface area contributed by atoms with Crippen LogP contribution in [-0.2, 0) is 0 Å². The van der Waals surface area contributed by atoms with Crippen LogP contribution in [0.2, 0.25) is 0 Å². The number of phenolic OH excluding ortho intramolecular Hbond substituents is 2. The maximum absolute atomic E-state index is 9.68. The Hall–Kier alpha value is -4.94. The van der Waals surface area contributed by atoms with E-state index in [9.17, 15) is 10.2 Å². The minimum atomic E-state index is -0.0484. The van der Waals surface area contributed by atoms with Gasteiger partial charge < -0.3 is 31.2 Å². The van der Waals surface area contributed by atoms with Gasteiger partial charge in [-0.15, -0.1) is 12.8 Å². The van der Waals surface area contributed by atoms with Gasteiger partial charge in [0, 0.05) is 34.0 Å². The Kier molecular flexibility index (Phi) is 5.12. The molecule has 156 valence electrons. The molecule has 0 spiro atoms. The minimum absolute atomic E-state index is 0.0386. The molecule has 0 aliphatic rings. The summed E-state index contributed by atoms with van der Waals surface area (Å²) in [6.45, 7) is 0. The van der Waals surface area contributed by atoms with Crippen molar-refractivity contribution in [1.82, 2.24) is 0 Å². The van der Waals surface area contributed by atoms with E-state index >= 15 is 0 Å². The van der Waals surface area contributed by atoms with Crippen molar-refractivity contribution in [3.05, 3.63) is 71.8 Å². The highest BCUT2D eigenvalue weighted by atomic mass is 16.5. The molecule has 0 unspecified atom stereocenters. The number of terminal acetylenes is 2. The second kappa shape index (κ2) is 8.06. The predicted octanol–water partition coefficient (Wildman–Crippen LogP) is 4.96. The smallest absolute Gasteiger partial charge is 0.138 e. The van der Waals surface area contributed by atoms with Crippen LogP contribution in [0, 0.1) is 24.7 Å². The van der Waals surface area contributed by atoms with Crippen LogP contribution < -0.4 is 20.9 Å². The monoisotopic (exact) mass is 422 g/mol. The second-order valence-electron chi connectivity index (χ2n) is 6.94. The number of rotatable bonds is 4. The van der Waals surface area contributed by atoms with Crippen molar-refractivity contribution in [3.8, 4) is 59.2 Å². The molecule has 6 nitrogen and oxygen atoms in total. The zero-order valence-electron chi connectivity index (χ0n) is 16.8. The van der Waals surface area contributed by atoms with Gasteiger partial charge in [0.2, 0.25) is 0 Å². The van der Waals surface area contributed by atoms with Crippen molar-refractivity contribution in [2.24, 2.45) is 0 Å². The molecule has 0 saturated heterocycles. The molecule has 0 amide bonds. The van der Waals surface area contributed by atoms with Gasteiger partial charge in [0.25, 0.3) is 0 Å². The Labute approximate surface area is 184 Å². The van der Waals surface area contributed by atoms with Crippen molar-refractivity contribution < 1.29 is 19.7 Å². The maximum Gasteiger partial charge on any atom is 0.138 e. The molecule has 0 saturated carbocycles. The highest BCUT2D eigenvalue weighted by Crippen LogP contribution is 2.41. The summed E-state index contributed by atoms with van der Waals surface area (Å²) in [5, 5.41) is 20.6. The molecule has 0 radical (unpaired) electrons. The van der Waals surface area contributed by atoms with E-state index < -0.39 is 0 Å². The Morgan fingerprint density at radius 2 is 1.28 bits per heavy atom. The van der Waals surface area contributed by atoms with E-state index in [0.717, 1.165) is 0 Å². The molecular formula is C26H18N2O4. The molecule has 0 fully saturated rings. The van der Waals surface area contributed by atoms with Crippen LogP contribution >= 0.6 is 0 Å². The first-order valence-corrected chi connectivity index (χ1v) is 9.46. The van der Waals surface area contributed by atoms with Gasteiger partial charge in [-0.25, -0.2) is 0 Å². The zero-order chi connectivity index (χ0) is 22.8. The van der Waals surface area contributed by atoms with Gasteiger partial charge in [0.05, 0.1) is 11.4 Å². The topological polar surface area (TPSA) is 111 Å². The summed E-state index contributed by atoms with van der Waals surface area (Å²) < 4.78 is 12.1. The van der Waals surface area contributed by atoms with Crippen molar-refractivity contribution in [2.75, 3.05) is 11.5 Å². The lowest BCUT2D eigenvalue weighted by Crippen LogP contribution is -1.95. The van der Waals surface area contributed by atoms with Gasteiger partial charge in [0.1, 0.15) is 34.5 Å². The Morgan fingerprint density at radius 1 is 0.688 bits per heavy atom. The SMILES string of the molecule is C#Cc1cc(Oc2ccc(O)c(N)c2)c2c(C#C)ccc(Oc3ccc(O)c(N)c3)c2c1. The highest BCUT2D eigenvalue weighted by molar-refractivity contribution is 5.99. The van der Waals surface area contributed by atoms with Gasteiger partial charge in [-0.05, 0) is 48.5 Å². The molecule has 0 heterocycles. The fourth-order valence-electron chi connectivity index (χ4n) is 3.24. The molecule has 4 rings (SSSR count). The fraction of sp³-hybridized carbons (Fsp3) is 0. The number of nitrogens with two attached hydrogens (primary N) is 2. The third-order valence-electron chi connectivity index (χ3n) is 4.81. The lowest BCUT2D eigenvalue weighted by atomic mass is 10.00. The van der Waals surface area contributed by atoms with Gasteiger partial charge >= 0.3 is 0 Å².